The molecule has 9 heteroatoms. The van der Waals surface area contributed by atoms with Gasteiger partial charge in [0.15, 0.2) is 0 Å². The molecular formula is C22H23Cl2N3O4. The van der Waals surface area contributed by atoms with E-state index in [4.69, 9.17) is 27.9 Å². The van der Waals surface area contributed by atoms with Gasteiger partial charge in [0, 0.05) is 28.7 Å². The van der Waals surface area contributed by atoms with Crippen LogP contribution in [0.3, 0.4) is 0 Å². The fourth-order valence-corrected chi connectivity index (χ4v) is 4.08. The summed E-state index contributed by atoms with van der Waals surface area (Å²) >= 11 is 12.1. The van der Waals surface area contributed by atoms with Crippen LogP contribution in [0.15, 0.2) is 41.5 Å². The van der Waals surface area contributed by atoms with E-state index >= 15 is 0 Å². The molecule has 2 atom stereocenters. The van der Waals surface area contributed by atoms with E-state index < -0.39 is 5.97 Å². The van der Waals surface area contributed by atoms with Crippen molar-refractivity contribution in [1.29, 1.82) is 0 Å². The predicted octanol–water partition coefficient (Wildman–Crippen LogP) is 4.92. The van der Waals surface area contributed by atoms with Crippen molar-refractivity contribution in [3.8, 4) is 11.6 Å². The molecule has 3 rings (SSSR count). The van der Waals surface area contributed by atoms with Crippen LogP contribution in [0.5, 0.6) is 11.6 Å². The molecule has 0 spiro atoms. The van der Waals surface area contributed by atoms with Crippen LogP contribution in [-0.4, -0.2) is 32.8 Å². The number of rotatable bonds is 6. The van der Waals surface area contributed by atoms with E-state index in [2.05, 4.69) is 10.4 Å². The van der Waals surface area contributed by atoms with Crippen molar-refractivity contribution >= 4 is 35.1 Å². The highest BCUT2D eigenvalue weighted by atomic mass is 35.5. The van der Waals surface area contributed by atoms with Gasteiger partial charge in [-0.3, -0.25) is 4.79 Å². The van der Waals surface area contributed by atoms with E-state index in [0.717, 1.165) is 5.57 Å². The molecule has 0 radical (unpaired) electrons. The smallest absolute Gasteiger partial charge is 0.331 e. The van der Waals surface area contributed by atoms with Crippen LogP contribution in [0, 0.1) is 12.8 Å². The summed E-state index contributed by atoms with van der Waals surface area (Å²) in [4.78, 5) is 24.4. The van der Waals surface area contributed by atoms with Crippen molar-refractivity contribution in [1.82, 2.24) is 15.1 Å². The molecule has 1 aromatic heterocycles. The number of allylic oxidation sites excluding steroid dienone is 2. The normalized spacial score (nSPS) is 16.9. The molecule has 2 N–H and O–H groups in total. The number of nitrogens with one attached hydrogen (secondary N) is 1. The number of aryl methyl sites for hydroxylation is 2. The lowest BCUT2D eigenvalue weighted by Crippen LogP contribution is -2.35. The van der Waals surface area contributed by atoms with Crippen LogP contribution in [0.25, 0.3) is 0 Å². The molecule has 1 aliphatic rings. The largest absolute Gasteiger partial charge is 0.478 e. The Morgan fingerprint density at radius 3 is 2.48 bits per heavy atom. The minimum Gasteiger partial charge on any atom is -0.478 e. The second-order valence-electron chi connectivity index (χ2n) is 7.57. The molecular weight excluding hydrogens is 441 g/mol. The van der Waals surface area contributed by atoms with Crippen molar-refractivity contribution in [2.45, 2.75) is 33.2 Å². The van der Waals surface area contributed by atoms with Crippen LogP contribution in [0.2, 0.25) is 10.0 Å². The van der Waals surface area contributed by atoms with Crippen molar-refractivity contribution in [2.75, 3.05) is 0 Å². The highest BCUT2D eigenvalue weighted by Crippen LogP contribution is 2.32. The Kier molecular flexibility index (Phi) is 6.77. The molecule has 1 amide bonds. The van der Waals surface area contributed by atoms with Crippen LogP contribution in [-0.2, 0) is 11.8 Å². The summed E-state index contributed by atoms with van der Waals surface area (Å²) in [5.74, 6) is -0.753. The third-order valence-corrected chi connectivity index (χ3v) is 5.58. The number of carbonyl (C=O) groups is 2. The summed E-state index contributed by atoms with van der Waals surface area (Å²) in [5.41, 5.74) is 2.11. The Bertz CT molecular complexity index is 1080. The Morgan fingerprint density at radius 2 is 1.90 bits per heavy atom. The summed E-state index contributed by atoms with van der Waals surface area (Å²) in [6.45, 7) is 5.44. The number of aromatic nitrogens is 2. The first kappa shape index (κ1) is 22.9. The fraction of sp³-hybridized carbons (Fsp3) is 0.318. The molecule has 0 fully saturated rings. The molecule has 1 aromatic carbocycles. The van der Waals surface area contributed by atoms with Gasteiger partial charge in [-0.2, -0.15) is 5.10 Å². The monoisotopic (exact) mass is 463 g/mol. The van der Waals surface area contributed by atoms with Gasteiger partial charge in [0.05, 0.1) is 5.69 Å². The topological polar surface area (TPSA) is 93.5 Å². The number of carboxylic acids is 1. The highest BCUT2D eigenvalue weighted by Gasteiger charge is 2.27. The van der Waals surface area contributed by atoms with E-state index in [1.54, 1.807) is 44.3 Å². The van der Waals surface area contributed by atoms with E-state index in [0.29, 0.717) is 39.0 Å². The number of halogens is 2. The van der Waals surface area contributed by atoms with Gasteiger partial charge in [0.1, 0.15) is 11.3 Å². The van der Waals surface area contributed by atoms with E-state index in [1.807, 2.05) is 13.8 Å². The molecule has 2 aromatic rings. The standard InChI is InChI=1S/C22H23Cl2N3O4/c1-11-7-14(5-6-18(11)22(29)30)12(2)25-20(28)19-13(3)26-27(4)21(19)31-17-9-15(23)8-16(24)10-17/h5-6,8-12H,7H2,1-4H3,(H,25,28)(H,29,30). The van der Waals surface area contributed by atoms with Crippen LogP contribution in [0.1, 0.15) is 36.3 Å². The van der Waals surface area contributed by atoms with Gasteiger partial charge in [-0.1, -0.05) is 42.3 Å². The molecule has 2 unspecified atom stereocenters. The van der Waals surface area contributed by atoms with Gasteiger partial charge in [-0.05, 0) is 50.0 Å². The van der Waals surface area contributed by atoms with Crippen LogP contribution >= 0.6 is 23.2 Å². The first-order valence-electron chi connectivity index (χ1n) is 9.69. The summed E-state index contributed by atoms with van der Waals surface area (Å²) in [7, 11) is 1.68. The minimum absolute atomic E-state index is 0.136. The van der Waals surface area contributed by atoms with Crippen molar-refractivity contribution in [3.05, 3.63) is 62.8 Å². The number of carbonyl (C=O) groups excluding carboxylic acids is 1. The molecule has 1 aliphatic carbocycles. The summed E-state index contributed by atoms with van der Waals surface area (Å²) in [5, 5.41) is 17.3. The molecule has 0 saturated carbocycles. The van der Waals surface area contributed by atoms with Crippen molar-refractivity contribution in [2.24, 2.45) is 13.0 Å². The first-order valence-corrected chi connectivity index (χ1v) is 10.4. The lowest BCUT2D eigenvalue weighted by Gasteiger charge is -2.24. The quantitative estimate of drug-likeness (QED) is 0.633. The average molecular weight is 464 g/mol. The minimum atomic E-state index is -0.923. The second-order valence-corrected chi connectivity index (χ2v) is 8.44. The third-order valence-electron chi connectivity index (χ3n) is 5.15. The lowest BCUT2D eigenvalue weighted by atomic mass is 9.86. The third kappa shape index (κ3) is 5.11. The van der Waals surface area contributed by atoms with Gasteiger partial charge in [0.25, 0.3) is 5.91 Å². The number of amides is 1. The Morgan fingerprint density at radius 1 is 1.26 bits per heavy atom. The van der Waals surface area contributed by atoms with E-state index in [1.165, 1.54) is 4.68 Å². The van der Waals surface area contributed by atoms with Gasteiger partial charge in [-0.25, -0.2) is 9.48 Å². The summed E-state index contributed by atoms with van der Waals surface area (Å²) < 4.78 is 7.39. The predicted molar refractivity (Wildman–Crippen MR) is 119 cm³/mol. The van der Waals surface area contributed by atoms with Gasteiger partial charge in [-0.15, -0.1) is 0 Å². The van der Waals surface area contributed by atoms with E-state index in [9.17, 15) is 14.7 Å². The van der Waals surface area contributed by atoms with Gasteiger partial charge >= 0.3 is 5.97 Å². The number of benzene rings is 1. The van der Waals surface area contributed by atoms with Crippen LogP contribution in [0.4, 0.5) is 0 Å². The number of carboxylic acid groups (broad SMARTS) is 1. The van der Waals surface area contributed by atoms with E-state index in [-0.39, 0.29) is 23.7 Å². The maximum atomic E-state index is 13.1. The zero-order valence-corrected chi connectivity index (χ0v) is 19.1. The fourth-order valence-electron chi connectivity index (χ4n) is 3.57. The zero-order valence-electron chi connectivity index (χ0n) is 17.6. The molecule has 0 bridgehead atoms. The lowest BCUT2D eigenvalue weighted by molar-refractivity contribution is -0.133. The van der Waals surface area contributed by atoms with Gasteiger partial charge in [0.2, 0.25) is 5.88 Å². The van der Waals surface area contributed by atoms with Crippen molar-refractivity contribution < 1.29 is 19.4 Å². The summed E-state index contributed by atoms with van der Waals surface area (Å²) in [6.07, 6.45) is 3.91. The SMILES string of the molecule is Cc1nn(C)c(Oc2cc(Cl)cc(Cl)c2)c1C(=O)NC(C)C1=CC=C(C(=O)O)C(C)C1. The molecule has 0 saturated heterocycles. The maximum Gasteiger partial charge on any atom is 0.331 e. The molecule has 1 heterocycles. The first-order chi connectivity index (χ1) is 14.6. The molecule has 31 heavy (non-hydrogen) atoms. The summed E-state index contributed by atoms with van der Waals surface area (Å²) in [6, 6.07) is 4.49. The number of nitrogens with zero attached hydrogens (tertiary/aromatic N) is 2. The zero-order chi connectivity index (χ0) is 22.9. The van der Waals surface area contributed by atoms with Crippen LogP contribution < -0.4 is 10.1 Å². The Hall–Kier alpha value is -2.77. The number of hydrogen-bond acceptors (Lipinski definition) is 4. The van der Waals surface area contributed by atoms with Crippen molar-refractivity contribution in [3.63, 3.8) is 0 Å². The maximum absolute atomic E-state index is 13.1. The average Bonchev–Trinajstić information content (AvgIpc) is 2.93. The second kappa shape index (κ2) is 9.16. The van der Waals surface area contributed by atoms with Gasteiger partial charge < -0.3 is 15.2 Å². The molecule has 7 nitrogen and oxygen atoms in total. The molecule has 164 valence electrons. The highest BCUT2D eigenvalue weighted by molar-refractivity contribution is 6.34. The molecule has 0 aliphatic heterocycles. The Labute approximate surface area is 190 Å². The number of hydrogen-bond donors (Lipinski definition) is 2. The Balaban J connectivity index is 1.83. The number of ether oxygens (including phenoxy) is 1. The number of aliphatic carboxylic acids is 1.